The smallest absolute Gasteiger partial charge is 0.319 e. The van der Waals surface area contributed by atoms with Gasteiger partial charge in [0, 0.05) is 30.4 Å². The number of rotatable bonds is 4. The number of hydrogen-bond acceptors (Lipinski definition) is 3. The Labute approximate surface area is 153 Å². The van der Waals surface area contributed by atoms with Gasteiger partial charge in [-0.2, -0.15) is 0 Å². The summed E-state index contributed by atoms with van der Waals surface area (Å²) in [7, 11) is 1.57. The van der Waals surface area contributed by atoms with Crippen LogP contribution < -0.4 is 20.3 Å². The average molecular weight is 353 g/mol. The van der Waals surface area contributed by atoms with Crippen LogP contribution in [-0.4, -0.2) is 31.6 Å². The lowest BCUT2D eigenvalue weighted by molar-refractivity contribution is -0.117. The number of amides is 3. The van der Waals surface area contributed by atoms with E-state index >= 15 is 0 Å². The third-order valence-electron chi connectivity index (χ3n) is 4.59. The summed E-state index contributed by atoms with van der Waals surface area (Å²) in [4.78, 5) is 26.3. The number of ether oxygens (including phenoxy) is 1. The maximum absolute atomic E-state index is 12.3. The van der Waals surface area contributed by atoms with Crippen LogP contribution in [0.5, 0.6) is 5.75 Å². The molecule has 6 heteroatoms. The number of anilines is 2. The van der Waals surface area contributed by atoms with Gasteiger partial charge in [0.25, 0.3) is 0 Å². The highest BCUT2D eigenvalue weighted by atomic mass is 16.5. The zero-order chi connectivity index (χ0) is 18.7. The second-order valence-corrected chi connectivity index (χ2v) is 6.50. The Morgan fingerprint density at radius 1 is 1.15 bits per heavy atom. The fourth-order valence-corrected chi connectivity index (χ4v) is 3.00. The molecule has 3 amide bonds. The van der Waals surface area contributed by atoms with E-state index in [1.807, 2.05) is 32.0 Å². The molecule has 0 bridgehead atoms. The van der Waals surface area contributed by atoms with Gasteiger partial charge in [0.2, 0.25) is 5.91 Å². The van der Waals surface area contributed by atoms with Gasteiger partial charge in [0.1, 0.15) is 5.75 Å². The molecule has 1 fully saturated rings. The molecule has 1 aliphatic rings. The number of nitrogens with zero attached hydrogens (tertiary/aromatic N) is 1. The molecule has 1 atom stereocenters. The number of benzene rings is 2. The van der Waals surface area contributed by atoms with E-state index in [2.05, 4.69) is 10.6 Å². The van der Waals surface area contributed by atoms with Crippen LogP contribution in [0.4, 0.5) is 16.2 Å². The van der Waals surface area contributed by atoms with Crippen LogP contribution in [0.1, 0.15) is 17.5 Å². The molecule has 6 nitrogen and oxygen atoms in total. The molecule has 136 valence electrons. The number of urea groups is 1. The maximum Gasteiger partial charge on any atom is 0.319 e. The molecule has 0 spiro atoms. The van der Waals surface area contributed by atoms with Gasteiger partial charge < -0.3 is 20.3 Å². The van der Waals surface area contributed by atoms with Gasteiger partial charge in [-0.25, -0.2) is 4.79 Å². The zero-order valence-electron chi connectivity index (χ0n) is 15.2. The summed E-state index contributed by atoms with van der Waals surface area (Å²) in [6.07, 6.45) is 0.290. The minimum absolute atomic E-state index is 0.0138. The van der Waals surface area contributed by atoms with Crippen molar-refractivity contribution in [2.75, 3.05) is 23.9 Å². The monoisotopic (exact) mass is 353 g/mol. The highest BCUT2D eigenvalue weighted by Gasteiger charge is 2.31. The quantitative estimate of drug-likeness (QED) is 0.886. The van der Waals surface area contributed by atoms with Crippen LogP contribution in [0.15, 0.2) is 42.5 Å². The van der Waals surface area contributed by atoms with Gasteiger partial charge in [-0.05, 0) is 49.2 Å². The predicted molar refractivity (Wildman–Crippen MR) is 102 cm³/mol. The largest absolute Gasteiger partial charge is 0.497 e. The van der Waals surface area contributed by atoms with E-state index in [0.29, 0.717) is 24.4 Å². The van der Waals surface area contributed by atoms with Crippen molar-refractivity contribution in [3.8, 4) is 5.75 Å². The van der Waals surface area contributed by atoms with Crippen molar-refractivity contribution in [3.05, 3.63) is 53.6 Å². The minimum Gasteiger partial charge on any atom is -0.497 e. The first-order valence-electron chi connectivity index (χ1n) is 8.55. The number of methoxy groups -OCH3 is 1. The zero-order valence-corrected chi connectivity index (χ0v) is 15.2. The number of carbonyl (C=O) groups is 2. The summed E-state index contributed by atoms with van der Waals surface area (Å²) in [5.41, 5.74) is 3.84. The molecule has 1 unspecified atom stereocenters. The van der Waals surface area contributed by atoms with Crippen LogP contribution in [0.3, 0.4) is 0 Å². The lowest BCUT2D eigenvalue weighted by Crippen LogP contribution is -2.39. The lowest BCUT2D eigenvalue weighted by Gasteiger charge is -2.18. The number of carbonyl (C=O) groups excluding carboxylic acids is 2. The molecule has 26 heavy (non-hydrogen) atoms. The maximum atomic E-state index is 12.3. The van der Waals surface area contributed by atoms with Crippen molar-refractivity contribution >= 4 is 23.3 Å². The van der Waals surface area contributed by atoms with E-state index in [1.54, 1.807) is 36.3 Å². The Bertz CT molecular complexity index is 835. The molecule has 0 saturated carbocycles. The van der Waals surface area contributed by atoms with E-state index < -0.39 is 0 Å². The molecule has 0 radical (unpaired) electrons. The molecule has 1 saturated heterocycles. The van der Waals surface area contributed by atoms with Gasteiger partial charge in [-0.3, -0.25) is 4.79 Å². The third kappa shape index (κ3) is 3.96. The van der Waals surface area contributed by atoms with Gasteiger partial charge in [-0.1, -0.05) is 12.1 Å². The van der Waals surface area contributed by atoms with Gasteiger partial charge in [0.15, 0.2) is 0 Å². The van der Waals surface area contributed by atoms with Crippen molar-refractivity contribution in [1.29, 1.82) is 0 Å². The molecule has 1 heterocycles. The highest BCUT2D eigenvalue weighted by Crippen LogP contribution is 2.24. The summed E-state index contributed by atoms with van der Waals surface area (Å²) in [6, 6.07) is 12.5. The Hall–Kier alpha value is -3.02. The van der Waals surface area contributed by atoms with Gasteiger partial charge in [0.05, 0.1) is 13.2 Å². The first kappa shape index (κ1) is 17.8. The number of aryl methyl sites for hydroxylation is 2. The van der Waals surface area contributed by atoms with Crippen molar-refractivity contribution in [1.82, 2.24) is 5.32 Å². The summed E-state index contributed by atoms with van der Waals surface area (Å²) in [5, 5.41) is 5.64. The van der Waals surface area contributed by atoms with Crippen molar-refractivity contribution in [3.63, 3.8) is 0 Å². The van der Waals surface area contributed by atoms with Crippen LogP contribution in [0.2, 0.25) is 0 Å². The Morgan fingerprint density at radius 3 is 2.69 bits per heavy atom. The van der Waals surface area contributed by atoms with E-state index in [9.17, 15) is 9.59 Å². The molecule has 1 aliphatic heterocycles. The Kier molecular flexibility index (Phi) is 5.11. The van der Waals surface area contributed by atoms with Crippen molar-refractivity contribution in [2.45, 2.75) is 26.3 Å². The molecular weight excluding hydrogens is 330 g/mol. The summed E-state index contributed by atoms with van der Waals surface area (Å²) in [6.45, 7) is 4.53. The minimum atomic E-state index is -0.335. The SMILES string of the molecule is COc1cccc(NC(=O)NC2CC(=O)N(c3ccc(C)c(C)c3)C2)c1. The summed E-state index contributed by atoms with van der Waals surface area (Å²) in [5.74, 6) is 0.680. The highest BCUT2D eigenvalue weighted by molar-refractivity contribution is 5.97. The predicted octanol–water partition coefficient (Wildman–Crippen LogP) is 3.24. The molecule has 2 aromatic rings. The molecule has 2 aromatic carbocycles. The molecule has 3 rings (SSSR count). The summed E-state index contributed by atoms with van der Waals surface area (Å²) >= 11 is 0. The van der Waals surface area contributed by atoms with Gasteiger partial charge in [-0.15, -0.1) is 0 Å². The second kappa shape index (κ2) is 7.47. The topological polar surface area (TPSA) is 70.7 Å². The third-order valence-corrected chi connectivity index (χ3v) is 4.59. The second-order valence-electron chi connectivity index (χ2n) is 6.50. The van der Waals surface area contributed by atoms with E-state index in [-0.39, 0.29) is 18.0 Å². The van der Waals surface area contributed by atoms with Crippen LogP contribution >= 0.6 is 0 Å². The fourth-order valence-electron chi connectivity index (χ4n) is 3.00. The first-order valence-corrected chi connectivity index (χ1v) is 8.55. The molecular formula is C20H23N3O3. The molecule has 2 N–H and O–H groups in total. The van der Waals surface area contributed by atoms with Crippen LogP contribution in [0.25, 0.3) is 0 Å². The average Bonchev–Trinajstić information content (AvgIpc) is 2.97. The number of nitrogens with one attached hydrogen (secondary N) is 2. The standard InChI is InChI=1S/C20H23N3O3/c1-13-7-8-17(9-14(13)2)23-12-16(11-19(23)24)22-20(25)21-15-5-4-6-18(10-15)26-3/h4-10,16H,11-12H2,1-3H3,(H2,21,22,25). The molecule has 0 aromatic heterocycles. The van der Waals surface area contributed by atoms with E-state index in [1.165, 1.54) is 5.56 Å². The van der Waals surface area contributed by atoms with Gasteiger partial charge >= 0.3 is 6.03 Å². The Balaban J connectivity index is 1.61. The first-order chi connectivity index (χ1) is 12.5. The van der Waals surface area contributed by atoms with E-state index in [0.717, 1.165) is 11.3 Å². The normalized spacial score (nSPS) is 16.5. The molecule has 0 aliphatic carbocycles. The van der Waals surface area contributed by atoms with Crippen molar-refractivity contribution < 1.29 is 14.3 Å². The lowest BCUT2D eigenvalue weighted by atomic mass is 10.1. The van der Waals surface area contributed by atoms with E-state index in [4.69, 9.17) is 4.74 Å². The van der Waals surface area contributed by atoms with Crippen molar-refractivity contribution in [2.24, 2.45) is 0 Å². The number of hydrogen-bond donors (Lipinski definition) is 2. The fraction of sp³-hybridized carbons (Fsp3) is 0.300. The summed E-state index contributed by atoms with van der Waals surface area (Å²) < 4.78 is 5.14. The Morgan fingerprint density at radius 2 is 1.96 bits per heavy atom. The van der Waals surface area contributed by atoms with Crippen LogP contribution in [-0.2, 0) is 4.79 Å². The van der Waals surface area contributed by atoms with Crippen LogP contribution in [0, 0.1) is 13.8 Å².